The van der Waals surface area contributed by atoms with Crippen LogP contribution in [0.1, 0.15) is 52.3 Å². The standard InChI is InChI=1S/C63H45NO/c1-4-20-43(21-5-1)49-27-15-17-33-58(49)64(48-37-38-52-51-28-14-16-32-56(51)63(57(52)40-48,46-23-6-2-7-24-46)47-25-8-3-9-26-47)59-41-55-61-50(45-36-35-42-19-10-11-22-44(42)39-45)31-18-34-60(61)65-62(55)54-30-13-12-29-53(54)59/h1-15,17-31,33-41,53-54H,16,32H2. The number of allylic oxidation sites excluding steroid dienone is 8. The Morgan fingerprint density at radius 1 is 0.538 bits per heavy atom. The quantitative estimate of drug-likeness (QED) is 0.159. The van der Waals surface area contributed by atoms with Gasteiger partial charge >= 0.3 is 0 Å². The van der Waals surface area contributed by atoms with E-state index in [4.69, 9.17) is 4.42 Å². The Labute approximate surface area is 380 Å². The normalized spacial score (nSPS) is 17.7. The van der Waals surface area contributed by atoms with Crippen LogP contribution in [0.5, 0.6) is 0 Å². The van der Waals surface area contributed by atoms with E-state index in [1.165, 1.54) is 72.1 Å². The van der Waals surface area contributed by atoms with Gasteiger partial charge in [0.1, 0.15) is 11.3 Å². The molecule has 8 aromatic carbocycles. The second kappa shape index (κ2) is 15.1. The summed E-state index contributed by atoms with van der Waals surface area (Å²) in [6.07, 6.45) is 18.4. The molecule has 308 valence electrons. The van der Waals surface area contributed by atoms with Crippen molar-refractivity contribution in [1.29, 1.82) is 0 Å². The van der Waals surface area contributed by atoms with Crippen LogP contribution in [-0.4, -0.2) is 0 Å². The average molecular weight is 832 g/mol. The maximum Gasteiger partial charge on any atom is 0.135 e. The Bertz CT molecular complexity index is 3450. The van der Waals surface area contributed by atoms with Crippen molar-refractivity contribution in [1.82, 2.24) is 0 Å². The van der Waals surface area contributed by atoms with Crippen LogP contribution in [0.15, 0.2) is 246 Å². The van der Waals surface area contributed by atoms with E-state index in [2.05, 4.69) is 242 Å². The van der Waals surface area contributed by atoms with Crippen LogP contribution in [0.3, 0.4) is 0 Å². The second-order valence-corrected chi connectivity index (χ2v) is 17.8. The number of furan rings is 1. The molecule has 1 aromatic heterocycles. The molecule has 0 spiro atoms. The molecule has 13 rings (SSSR count). The number of fused-ring (bicyclic) bond motifs is 8. The number of benzene rings is 8. The summed E-state index contributed by atoms with van der Waals surface area (Å²) in [7, 11) is 0. The maximum absolute atomic E-state index is 7.02. The minimum atomic E-state index is -0.460. The summed E-state index contributed by atoms with van der Waals surface area (Å²) in [5, 5.41) is 3.61. The summed E-state index contributed by atoms with van der Waals surface area (Å²) in [4.78, 5) is 2.58. The number of para-hydroxylation sites is 1. The zero-order valence-corrected chi connectivity index (χ0v) is 35.9. The third-order valence-electron chi connectivity index (χ3n) is 14.4. The largest absolute Gasteiger partial charge is 0.460 e. The molecule has 0 bridgehead atoms. The van der Waals surface area contributed by atoms with Crippen LogP contribution in [0.2, 0.25) is 0 Å². The highest BCUT2D eigenvalue weighted by Crippen LogP contribution is 2.59. The SMILES string of the molecule is C1=CC2C(N(c3ccc4c(c3)C(c3ccccc3)(c3ccccc3)C3=C4C=CCC3)c3ccccc3-c3ccccc3)=Cc3c(oc4cccc(-c5ccc6ccccc6c5)c34)C2C=C1. The van der Waals surface area contributed by atoms with Crippen LogP contribution in [0.25, 0.3) is 55.6 Å². The lowest BCUT2D eigenvalue weighted by Gasteiger charge is -2.40. The number of hydrogen-bond donors (Lipinski definition) is 0. The van der Waals surface area contributed by atoms with Gasteiger partial charge in [0.25, 0.3) is 0 Å². The summed E-state index contributed by atoms with van der Waals surface area (Å²) in [6.45, 7) is 0. The summed E-state index contributed by atoms with van der Waals surface area (Å²) in [5.74, 6) is 1.03. The van der Waals surface area contributed by atoms with Gasteiger partial charge in [-0.1, -0.05) is 200 Å². The summed E-state index contributed by atoms with van der Waals surface area (Å²) < 4.78 is 7.02. The molecule has 65 heavy (non-hydrogen) atoms. The molecular weight excluding hydrogens is 787 g/mol. The van der Waals surface area contributed by atoms with Gasteiger partial charge in [0.2, 0.25) is 0 Å². The first-order chi connectivity index (χ1) is 32.3. The molecule has 2 atom stereocenters. The molecule has 1 heterocycles. The molecule has 9 aromatic rings. The van der Waals surface area contributed by atoms with Crippen LogP contribution >= 0.6 is 0 Å². The fraction of sp³-hybridized carbons (Fsp3) is 0.0794. The van der Waals surface area contributed by atoms with Crippen molar-refractivity contribution in [2.24, 2.45) is 5.92 Å². The summed E-state index contributed by atoms with van der Waals surface area (Å²) >= 11 is 0. The third kappa shape index (κ3) is 5.80. The van der Waals surface area contributed by atoms with E-state index in [1.54, 1.807) is 0 Å². The number of rotatable bonds is 7. The predicted molar refractivity (Wildman–Crippen MR) is 270 cm³/mol. The van der Waals surface area contributed by atoms with E-state index in [9.17, 15) is 0 Å². The van der Waals surface area contributed by atoms with E-state index in [-0.39, 0.29) is 11.8 Å². The average Bonchev–Trinajstić information content (AvgIpc) is 3.91. The van der Waals surface area contributed by atoms with Crippen LogP contribution in [-0.2, 0) is 5.41 Å². The molecule has 0 saturated heterocycles. The lowest BCUT2D eigenvalue weighted by atomic mass is 9.65. The zero-order chi connectivity index (χ0) is 42.9. The topological polar surface area (TPSA) is 16.4 Å². The van der Waals surface area contributed by atoms with Crippen LogP contribution in [0, 0.1) is 5.92 Å². The lowest BCUT2D eigenvalue weighted by Crippen LogP contribution is -2.31. The highest BCUT2D eigenvalue weighted by molar-refractivity contribution is 6.04. The van der Waals surface area contributed by atoms with Crippen molar-refractivity contribution in [3.63, 3.8) is 0 Å². The van der Waals surface area contributed by atoms with Gasteiger partial charge in [0, 0.05) is 39.7 Å². The van der Waals surface area contributed by atoms with Gasteiger partial charge in [0.05, 0.1) is 11.1 Å². The van der Waals surface area contributed by atoms with E-state index in [0.29, 0.717) is 0 Å². The van der Waals surface area contributed by atoms with Gasteiger partial charge in [-0.3, -0.25) is 0 Å². The Morgan fingerprint density at radius 2 is 1.23 bits per heavy atom. The van der Waals surface area contributed by atoms with Crippen molar-refractivity contribution >= 4 is 44.8 Å². The van der Waals surface area contributed by atoms with Crippen molar-refractivity contribution in [2.45, 2.75) is 24.2 Å². The number of nitrogens with zero attached hydrogens (tertiary/aromatic N) is 1. The van der Waals surface area contributed by atoms with E-state index < -0.39 is 5.41 Å². The van der Waals surface area contributed by atoms with Crippen molar-refractivity contribution in [2.75, 3.05) is 4.90 Å². The van der Waals surface area contributed by atoms with Crippen LogP contribution in [0.4, 0.5) is 11.4 Å². The minimum absolute atomic E-state index is 0.000450. The molecule has 0 saturated carbocycles. The Hall–Kier alpha value is -7.94. The zero-order valence-electron chi connectivity index (χ0n) is 35.9. The predicted octanol–water partition coefficient (Wildman–Crippen LogP) is 16.4. The van der Waals surface area contributed by atoms with Gasteiger partial charge in [0.15, 0.2) is 0 Å². The Morgan fingerprint density at radius 3 is 2.03 bits per heavy atom. The second-order valence-electron chi connectivity index (χ2n) is 17.8. The van der Waals surface area contributed by atoms with Gasteiger partial charge < -0.3 is 9.32 Å². The van der Waals surface area contributed by atoms with Crippen molar-refractivity contribution < 1.29 is 4.42 Å². The fourth-order valence-corrected chi connectivity index (χ4v) is 11.6. The van der Waals surface area contributed by atoms with Crippen molar-refractivity contribution in [3.8, 4) is 22.3 Å². The molecule has 4 aliphatic carbocycles. The number of anilines is 2. The smallest absolute Gasteiger partial charge is 0.135 e. The molecule has 0 fully saturated rings. The number of hydrogen-bond acceptors (Lipinski definition) is 2. The molecule has 2 nitrogen and oxygen atoms in total. The van der Waals surface area contributed by atoms with Crippen LogP contribution < -0.4 is 4.90 Å². The molecule has 0 aliphatic heterocycles. The molecule has 0 N–H and O–H groups in total. The minimum Gasteiger partial charge on any atom is -0.460 e. The monoisotopic (exact) mass is 831 g/mol. The molecule has 0 radical (unpaired) electrons. The van der Waals surface area contributed by atoms with Crippen molar-refractivity contribution in [3.05, 3.63) is 275 Å². The van der Waals surface area contributed by atoms with Gasteiger partial charge in [-0.15, -0.1) is 0 Å². The first kappa shape index (κ1) is 37.6. The highest BCUT2D eigenvalue weighted by atomic mass is 16.3. The molecule has 4 aliphatic rings. The van der Waals surface area contributed by atoms with E-state index >= 15 is 0 Å². The van der Waals surface area contributed by atoms with Gasteiger partial charge in [-0.05, 0) is 110 Å². The third-order valence-corrected chi connectivity index (χ3v) is 14.4. The Kier molecular flexibility index (Phi) is 8.74. The van der Waals surface area contributed by atoms with Gasteiger partial charge in [-0.25, -0.2) is 0 Å². The van der Waals surface area contributed by atoms with Gasteiger partial charge in [-0.2, -0.15) is 0 Å². The first-order valence-electron chi connectivity index (χ1n) is 23.0. The summed E-state index contributed by atoms with van der Waals surface area (Å²) in [5.41, 5.74) is 17.9. The highest BCUT2D eigenvalue weighted by Gasteiger charge is 2.48. The molecule has 0 amide bonds. The van der Waals surface area contributed by atoms with E-state index in [1.807, 2.05) is 0 Å². The molecule has 2 unspecified atom stereocenters. The fourth-order valence-electron chi connectivity index (χ4n) is 11.6. The first-order valence-corrected chi connectivity index (χ1v) is 23.0. The Balaban J connectivity index is 1.10. The lowest BCUT2D eigenvalue weighted by molar-refractivity contribution is 0.480. The molecular formula is C63H45NO. The summed E-state index contributed by atoms with van der Waals surface area (Å²) in [6, 6.07) is 71.6. The van der Waals surface area contributed by atoms with E-state index in [0.717, 1.165) is 46.5 Å². The maximum atomic E-state index is 7.02. The molecule has 2 heteroatoms.